The van der Waals surface area contributed by atoms with Crippen molar-refractivity contribution in [2.45, 2.75) is 26.3 Å². The number of rotatable bonds is 5. The van der Waals surface area contributed by atoms with Crippen LogP contribution in [0.3, 0.4) is 0 Å². The lowest BCUT2D eigenvalue weighted by Gasteiger charge is -2.33. The molecule has 0 aliphatic rings. The average Bonchev–Trinajstić information content (AvgIpc) is 2.78. The number of aliphatic hydroxyl groups excluding tert-OH is 1. The van der Waals surface area contributed by atoms with Crippen LogP contribution in [0.5, 0.6) is 11.5 Å². The van der Waals surface area contributed by atoms with Crippen molar-refractivity contribution in [2.24, 2.45) is 5.92 Å². The van der Waals surface area contributed by atoms with Crippen LogP contribution in [0.2, 0.25) is 0 Å². The van der Waals surface area contributed by atoms with Crippen LogP contribution in [0.4, 0.5) is 0 Å². The van der Waals surface area contributed by atoms with Gasteiger partial charge in [-0.3, -0.25) is 0 Å². The van der Waals surface area contributed by atoms with Gasteiger partial charge in [0, 0.05) is 17.5 Å². The molecule has 0 aromatic heterocycles. The van der Waals surface area contributed by atoms with Gasteiger partial charge in [-0.1, -0.05) is 74.5 Å². The molecule has 182 valence electrons. The summed E-state index contributed by atoms with van der Waals surface area (Å²) in [5.74, 6) is 1.01. The van der Waals surface area contributed by atoms with Crippen LogP contribution in [0.25, 0.3) is 32.7 Å². The molecule has 0 amide bonds. The summed E-state index contributed by atoms with van der Waals surface area (Å²) < 4.78 is 0.856. The first-order valence-corrected chi connectivity index (χ1v) is 11.5. The monoisotopic (exact) mass is 525 g/mol. The quantitative estimate of drug-likeness (QED) is 0.350. The fourth-order valence-corrected chi connectivity index (χ4v) is 4.23. The first-order chi connectivity index (χ1) is 15.6. The number of aliphatic hydroxyl groups is 1. The first-order valence-electron chi connectivity index (χ1n) is 11.5. The van der Waals surface area contributed by atoms with E-state index in [9.17, 15) is 10.2 Å². The predicted molar refractivity (Wildman–Crippen MR) is 139 cm³/mol. The molecule has 3 N–H and O–H groups in total. The Morgan fingerprint density at radius 1 is 0.676 bits per heavy atom. The minimum atomic E-state index is 0. The topological polar surface area (TPSA) is 60.7 Å². The smallest absolute Gasteiger partial charge is 0.124 e. The van der Waals surface area contributed by atoms with E-state index in [4.69, 9.17) is 5.11 Å². The van der Waals surface area contributed by atoms with Crippen LogP contribution >= 0.6 is 0 Å². The van der Waals surface area contributed by atoms with Crippen LogP contribution in [0.15, 0.2) is 72.8 Å². The average molecular weight is 527 g/mol. The molecular weight excluding hydrogens is 490 g/mol. The van der Waals surface area contributed by atoms with Gasteiger partial charge in [-0.25, -0.2) is 0 Å². The minimum absolute atomic E-state index is 0. The van der Waals surface area contributed by atoms with E-state index in [0.29, 0.717) is 29.7 Å². The van der Waals surface area contributed by atoms with Gasteiger partial charge in [0.2, 0.25) is 0 Å². The summed E-state index contributed by atoms with van der Waals surface area (Å²) in [6.07, 6.45) is 1.10. The molecule has 0 saturated carbocycles. The van der Waals surface area contributed by atoms with E-state index in [-0.39, 0.29) is 28.5 Å². The Bertz CT molecular complexity index is 1150. The van der Waals surface area contributed by atoms with E-state index in [0.717, 1.165) is 32.4 Å². The van der Waals surface area contributed by atoms with Gasteiger partial charge in [-0.2, -0.15) is 0 Å². The maximum atomic E-state index is 10.4. The highest BCUT2D eigenvalue weighted by Crippen LogP contribution is 2.44. The molecule has 4 rings (SSSR count). The van der Waals surface area contributed by atoms with Gasteiger partial charge in [0.1, 0.15) is 17.5 Å². The maximum Gasteiger partial charge on any atom is 0.124 e. The molecule has 0 heterocycles. The summed E-state index contributed by atoms with van der Waals surface area (Å²) in [6, 6.07) is 23.2. The van der Waals surface area contributed by atoms with E-state index in [1.54, 1.807) is 12.1 Å². The number of phenols is 2. The van der Waals surface area contributed by atoms with Gasteiger partial charge in [-0.05, 0) is 39.6 Å². The lowest BCUT2D eigenvalue weighted by atomic mass is 9.92. The van der Waals surface area contributed by atoms with Gasteiger partial charge in [0.25, 0.3) is 0 Å². The summed E-state index contributed by atoms with van der Waals surface area (Å²) in [6.45, 7) is 4.68. The molecule has 0 radical (unpaired) electrons. The number of benzene rings is 4. The van der Waals surface area contributed by atoms with E-state index in [1.165, 1.54) is 0 Å². The summed E-state index contributed by atoms with van der Waals surface area (Å²) in [5.41, 5.74) is 1.35. The second kappa shape index (κ2) is 11.7. The normalized spacial score (nSPS) is 12.2. The van der Waals surface area contributed by atoms with Crippen LogP contribution in [0, 0.1) is 5.92 Å². The maximum absolute atomic E-state index is 10.4. The molecule has 4 aromatic rings. The molecule has 0 aliphatic carbocycles. The number of hydrogen-bond donors (Lipinski definition) is 3. The van der Waals surface area contributed by atoms with Crippen molar-refractivity contribution < 1.29 is 36.8 Å². The van der Waals surface area contributed by atoms with Crippen LogP contribution in [-0.4, -0.2) is 53.6 Å². The number of quaternary nitrogens is 1. The summed E-state index contributed by atoms with van der Waals surface area (Å²) in [7, 11) is 6.38. The fourth-order valence-electron chi connectivity index (χ4n) is 4.23. The third kappa shape index (κ3) is 6.29. The van der Waals surface area contributed by atoms with E-state index >= 15 is 0 Å². The van der Waals surface area contributed by atoms with Gasteiger partial charge in [0.05, 0.1) is 27.7 Å². The standard InChI is InChI=1S/C20H14O2.C9H22NO.BrH/c21-17-11-9-13-5-1-3-7-15(13)19(17)20-16-8-4-2-6-14(16)10-12-18(20)22;1-8(2)6-9(7-11)10(3,4)5;/h1-12,21-22H;8-9,11H,6-7H2,1-5H3;1H/q;+1;/p-1/t;9-;/m.0./s1. The van der Waals surface area contributed by atoms with Crippen LogP contribution < -0.4 is 17.0 Å². The largest absolute Gasteiger partial charge is 1.00 e. The predicted octanol–water partition coefficient (Wildman–Crippen LogP) is 3.17. The highest BCUT2D eigenvalue weighted by Gasteiger charge is 2.23. The molecule has 4 nitrogen and oxygen atoms in total. The van der Waals surface area contributed by atoms with Crippen molar-refractivity contribution in [1.82, 2.24) is 0 Å². The molecule has 0 bridgehead atoms. The van der Waals surface area contributed by atoms with Crippen molar-refractivity contribution >= 4 is 21.5 Å². The Morgan fingerprint density at radius 3 is 1.41 bits per heavy atom. The van der Waals surface area contributed by atoms with Crippen LogP contribution in [0.1, 0.15) is 20.3 Å². The number of aromatic hydroxyl groups is 2. The van der Waals surface area contributed by atoms with Crippen molar-refractivity contribution in [3.8, 4) is 22.6 Å². The molecule has 34 heavy (non-hydrogen) atoms. The second-order valence-corrected chi connectivity index (χ2v) is 9.94. The number of fused-ring (bicyclic) bond motifs is 2. The summed E-state index contributed by atoms with van der Waals surface area (Å²) in [4.78, 5) is 0. The van der Waals surface area contributed by atoms with Gasteiger partial charge in [0.15, 0.2) is 0 Å². The molecular formula is C29H36BrNO3. The Labute approximate surface area is 213 Å². The molecule has 0 aliphatic heterocycles. The van der Waals surface area contributed by atoms with Gasteiger partial charge >= 0.3 is 0 Å². The molecule has 0 saturated heterocycles. The Kier molecular flexibility index (Phi) is 9.51. The third-order valence-electron chi connectivity index (χ3n) is 6.11. The third-order valence-corrected chi connectivity index (χ3v) is 6.11. The highest BCUT2D eigenvalue weighted by atomic mass is 79.9. The number of likely N-dealkylation sites (N-methyl/N-ethyl adjacent to an activating group) is 1. The van der Waals surface area contributed by atoms with Crippen molar-refractivity contribution in [3.63, 3.8) is 0 Å². The summed E-state index contributed by atoms with van der Waals surface area (Å²) >= 11 is 0. The molecule has 0 unspecified atom stereocenters. The lowest BCUT2D eigenvalue weighted by Crippen LogP contribution is -3.00. The molecule has 5 heteroatoms. The van der Waals surface area contributed by atoms with Crippen LogP contribution in [-0.2, 0) is 0 Å². The first kappa shape index (κ1) is 27.6. The second-order valence-electron chi connectivity index (χ2n) is 9.94. The molecule has 0 spiro atoms. The number of halogens is 1. The highest BCUT2D eigenvalue weighted by molar-refractivity contribution is 6.09. The van der Waals surface area contributed by atoms with Gasteiger partial charge < -0.3 is 36.8 Å². The zero-order chi connectivity index (χ0) is 24.2. The Balaban J connectivity index is 0.000000294. The minimum Gasteiger partial charge on any atom is -1.00 e. The van der Waals surface area contributed by atoms with Crippen molar-refractivity contribution in [3.05, 3.63) is 72.8 Å². The number of phenolic OH excluding ortho intramolecular Hbond substituents is 2. The fraction of sp³-hybridized carbons (Fsp3) is 0.310. The Hall–Kier alpha value is -2.60. The number of hydrogen-bond acceptors (Lipinski definition) is 3. The van der Waals surface area contributed by atoms with Gasteiger partial charge in [-0.15, -0.1) is 0 Å². The van der Waals surface area contributed by atoms with E-state index < -0.39 is 0 Å². The van der Waals surface area contributed by atoms with E-state index in [1.807, 2.05) is 60.7 Å². The van der Waals surface area contributed by atoms with Crippen molar-refractivity contribution in [2.75, 3.05) is 27.7 Å². The molecule has 0 fully saturated rings. The van der Waals surface area contributed by atoms with Crippen molar-refractivity contribution in [1.29, 1.82) is 0 Å². The lowest BCUT2D eigenvalue weighted by molar-refractivity contribution is -0.897. The SMILES string of the molecule is CC(C)C[C@@H](CO)[N+](C)(C)C.Oc1ccc2ccccc2c1-c1c(O)ccc2ccccc12.[Br-]. The summed E-state index contributed by atoms with van der Waals surface area (Å²) in [5, 5.41) is 33.9. The van der Waals surface area contributed by atoms with E-state index in [2.05, 4.69) is 35.0 Å². The molecule has 1 atom stereocenters. The molecule has 4 aromatic carbocycles. The zero-order valence-corrected chi connectivity index (χ0v) is 22.2. The number of nitrogens with zero attached hydrogens (tertiary/aromatic N) is 1. The zero-order valence-electron chi connectivity index (χ0n) is 20.7. The Morgan fingerprint density at radius 2 is 1.09 bits per heavy atom.